The number of nitrogens with zero attached hydrogens (tertiary/aromatic N) is 1. The number of hydrogen-bond acceptors (Lipinski definition) is 5. The molecule has 1 spiro atoms. The number of hydrogen-bond donors (Lipinski definition) is 3. The van der Waals surface area contributed by atoms with E-state index in [0.717, 1.165) is 12.0 Å². The average Bonchev–Trinajstić information content (AvgIpc) is 3.44. The Balaban J connectivity index is 1.59. The van der Waals surface area contributed by atoms with Gasteiger partial charge < -0.3 is 25.4 Å². The Bertz CT molecular complexity index is 1260. The molecule has 39 heavy (non-hydrogen) atoms. The number of likely N-dealkylation sites (tertiary alicyclic amines) is 1. The number of aliphatic hydroxyl groups is 1. The molecule has 3 unspecified atom stereocenters. The number of fused-ring (bicyclic) bond motifs is 1. The summed E-state index contributed by atoms with van der Waals surface area (Å²) < 4.78 is 6.75. The number of rotatable bonds is 9. The smallest absolute Gasteiger partial charge is 0.250 e. The standard InChI is InChI=1S/C30H36ClN3O5/c1-4-14-32-26(36)23-24-28(38)34(20(17-35)15-19-10-6-5-7-11-19)25(30(24)16-18(2)29(23,3)39-30)27(37)33-22-13-9-8-12-21(22)31/h5-13,18,20,23-25,35H,4,14-17H2,1-3H3,(H,32,36)(H,33,37)/t18?,20-,23+,24+,25?,29-,30?/m1/s1. The van der Waals surface area contributed by atoms with Crippen molar-refractivity contribution in [3.8, 4) is 0 Å². The molecule has 9 heteroatoms. The van der Waals surface area contributed by atoms with Crippen LogP contribution in [0.5, 0.6) is 0 Å². The zero-order chi connectivity index (χ0) is 27.9. The highest BCUT2D eigenvalue weighted by Gasteiger charge is 2.80. The van der Waals surface area contributed by atoms with Crippen LogP contribution < -0.4 is 10.6 Å². The molecule has 3 aliphatic heterocycles. The normalized spacial score (nSPS) is 31.7. The number of amides is 3. The lowest BCUT2D eigenvalue weighted by atomic mass is 9.62. The van der Waals surface area contributed by atoms with E-state index >= 15 is 0 Å². The summed E-state index contributed by atoms with van der Waals surface area (Å²) in [5, 5.41) is 16.8. The van der Waals surface area contributed by atoms with E-state index < -0.39 is 41.0 Å². The van der Waals surface area contributed by atoms with E-state index in [1.54, 1.807) is 24.3 Å². The van der Waals surface area contributed by atoms with Crippen molar-refractivity contribution < 1.29 is 24.2 Å². The van der Waals surface area contributed by atoms with Gasteiger partial charge in [-0.1, -0.05) is 67.9 Å². The van der Waals surface area contributed by atoms with Crippen LogP contribution in [0, 0.1) is 17.8 Å². The fraction of sp³-hybridized carbons (Fsp3) is 0.500. The third kappa shape index (κ3) is 4.42. The van der Waals surface area contributed by atoms with Crippen molar-refractivity contribution in [1.82, 2.24) is 10.2 Å². The number of carbonyl (C=O) groups excluding carboxylic acids is 3. The second-order valence-electron chi connectivity index (χ2n) is 11.2. The Morgan fingerprint density at radius 3 is 2.51 bits per heavy atom. The number of para-hydroxylation sites is 1. The van der Waals surface area contributed by atoms with Gasteiger partial charge in [0.2, 0.25) is 17.7 Å². The predicted molar refractivity (Wildman–Crippen MR) is 148 cm³/mol. The van der Waals surface area contributed by atoms with Gasteiger partial charge in [-0.3, -0.25) is 14.4 Å². The van der Waals surface area contributed by atoms with Gasteiger partial charge in [-0.25, -0.2) is 0 Å². The first-order valence-electron chi connectivity index (χ1n) is 13.7. The highest BCUT2D eigenvalue weighted by Crippen LogP contribution is 2.65. The fourth-order valence-electron chi connectivity index (χ4n) is 7.03. The minimum absolute atomic E-state index is 0.0730. The van der Waals surface area contributed by atoms with E-state index in [2.05, 4.69) is 10.6 Å². The summed E-state index contributed by atoms with van der Waals surface area (Å²) in [5.41, 5.74) is -0.771. The summed E-state index contributed by atoms with van der Waals surface area (Å²) in [6.45, 7) is 6.00. The number of halogens is 1. The van der Waals surface area contributed by atoms with Crippen LogP contribution in [0.3, 0.4) is 0 Å². The maximum atomic E-state index is 14.4. The topological polar surface area (TPSA) is 108 Å². The van der Waals surface area contributed by atoms with Crippen molar-refractivity contribution in [2.45, 2.75) is 63.3 Å². The molecule has 3 saturated heterocycles. The summed E-state index contributed by atoms with van der Waals surface area (Å²) in [7, 11) is 0. The van der Waals surface area contributed by atoms with Gasteiger partial charge in [-0.05, 0) is 49.8 Å². The number of carbonyl (C=O) groups is 3. The van der Waals surface area contributed by atoms with Gasteiger partial charge in [-0.15, -0.1) is 0 Å². The summed E-state index contributed by atoms with van der Waals surface area (Å²) in [5.74, 6) is -2.69. The van der Waals surface area contributed by atoms with Crippen molar-refractivity contribution in [1.29, 1.82) is 0 Å². The summed E-state index contributed by atoms with van der Waals surface area (Å²) >= 11 is 6.36. The molecule has 8 nitrogen and oxygen atoms in total. The highest BCUT2D eigenvalue weighted by atomic mass is 35.5. The Labute approximate surface area is 234 Å². The van der Waals surface area contributed by atoms with Crippen LogP contribution in [0.2, 0.25) is 5.02 Å². The van der Waals surface area contributed by atoms with Crippen LogP contribution >= 0.6 is 11.6 Å². The molecule has 2 aromatic carbocycles. The first kappa shape index (κ1) is 27.6. The van der Waals surface area contributed by atoms with E-state index in [1.165, 1.54) is 4.90 Å². The molecule has 3 heterocycles. The van der Waals surface area contributed by atoms with Crippen LogP contribution in [0.25, 0.3) is 0 Å². The Hall–Kier alpha value is -2.94. The van der Waals surface area contributed by atoms with Gasteiger partial charge in [0, 0.05) is 6.54 Å². The van der Waals surface area contributed by atoms with E-state index in [0.29, 0.717) is 30.1 Å². The van der Waals surface area contributed by atoms with Gasteiger partial charge in [-0.2, -0.15) is 0 Å². The molecule has 3 amide bonds. The molecule has 3 fully saturated rings. The quantitative estimate of drug-likeness (QED) is 0.441. The maximum Gasteiger partial charge on any atom is 0.250 e. The largest absolute Gasteiger partial charge is 0.394 e. The third-order valence-corrected chi connectivity index (χ3v) is 9.21. The number of ether oxygens (including phenoxy) is 1. The number of anilines is 1. The molecule has 0 saturated carbocycles. The maximum absolute atomic E-state index is 14.4. The van der Waals surface area contributed by atoms with Crippen molar-refractivity contribution in [2.75, 3.05) is 18.5 Å². The molecule has 3 aliphatic rings. The summed E-state index contributed by atoms with van der Waals surface area (Å²) in [6.07, 6.45) is 1.55. The van der Waals surface area contributed by atoms with Gasteiger partial charge in [0.15, 0.2) is 0 Å². The fourth-order valence-corrected chi connectivity index (χ4v) is 7.21. The van der Waals surface area contributed by atoms with Crippen LogP contribution in [-0.2, 0) is 25.5 Å². The van der Waals surface area contributed by atoms with E-state index in [-0.39, 0.29) is 24.3 Å². The van der Waals surface area contributed by atoms with Crippen molar-refractivity contribution >= 4 is 35.0 Å². The first-order valence-corrected chi connectivity index (χ1v) is 14.1. The van der Waals surface area contributed by atoms with Gasteiger partial charge in [0.25, 0.3) is 0 Å². The molecule has 0 aromatic heterocycles. The molecule has 3 N–H and O–H groups in total. The first-order chi connectivity index (χ1) is 18.7. The van der Waals surface area contributed by atoms with Crippen LogP contribution in [0.4, 0.5) is 5.69 Å². The third-order valence-electron chi connectivity index (χ3n) is 8.88. The Morgan fingerprint density at radius 1 is 1.15 bits per heavy atom. The highest BCUT2D eigenvalue weighted by molar-refractivity contribution is 6.33. The van der Waals surface area contributed by atoms with E-state index in [4.69, 9.17) is 16.3 Å². The molecule has 5 rings (SSSR count). The number of aliphatic hydroxyl groups excluding tert-OH is 1. The van der Waals surface area contributed by atoms with Crippen LogP contribution in [0.1, 0.15) is 39.2 Å². The molecule has 208 valence electrons. The lowest BCUT2D eigenvalue weighted by Crippen LogP contribution is -2.57. The zero-order valence-electron chi connectivity index (χ0n) is 22.5. The lowest BCUT2D eigenvalue weighted by molar-refractivity contribution is -0.149. The molecule has 0 radical (unpaired) electrons. The van der Waals surface area contributed by atoms with E-state index in [1.807, 2.05) is 51.1 Å². The Kier molecular flexibility index (Phi) is 7.48. The van der Waals surface area contributed by atoms with Crippen molar-refractivity contribution in [3.05, 3.63) is 65.2 Å². The second kappa shape index (κ2) is 10.6. The van der Waals surface area contributed by atoms with E-state index in [9.17, 15) is 19.5 Å². The van der Waals surface area contributed by atoms with Crippen molar-refractivity contribution in [3.63, 3.8) is 0 Å². The average molecular weight is 554 g/mol. The summed E-state index contributed by atoms with van der Waals surface area (Å²) in [4.78, 5) is 43.6. The predicted octanol–water partition coefficient (Wildman–Crippen LogP) is 3.42. The summed E-state index contributed by atoms with van der Waals surface area (Å²) in [6, 6.07) is 14.7. The molecular weight excluding hydrogens is 518 g/mol. The van der Waals surface area contributed by atoms with Gasteiger partial charge >= 0.3 is 0 Å². The SMILES string of the molecule is CCCNC(=O)[C@@H]1[C@H]2C(=O)N([C@@H](CO)Cc3ccccc3)C(C(=O)Nc3ccccc3Cl)C23CC(C)[C@@]1(C)O3. The molecule has 7 atom stereocenters. The monoisotopic (exact) mass is 553 g/mol. The van der Waals surface area contributed by atoms with Crippen LogP contribution in [-0.4, -0.2) is 64.2 Å². The zero-order valence-corrected chi connectivity index (χ0v) is 23.3. The van der Waals surface area contributed by atoms with Crippen molar-refractivity contribution in [2.24, 2.45) is 17.8 Å². The second-order valence-corrected chi connectivity index (χ2v) is 11.6. The van der Waals surface area contributed by atoms with Gasteiger partial charge in [0.1, 0.15) is 11.6 Å². The number of nitrogens with one attached hydrogen (secondary N) is 2. The lowest BCUT2D eigenvalue weighted by Gasteiger charge is -2.37. The number of benzene rings is 2. The molecule has 2 aromatic rings. The molecular formula is C30H36ClN3O5. The Morgan fingerprint density at radius 2 is 1.85 bits per heavy atom. The minimum Gasteiger partial charge on any atom is -0.394 e. The van der Waals surface area contributed by atoms with Gasteiger partial charge in [0.05, 0.1) is 40.8 Å². The van der Waals surface area contributed by atoms with Crippen LogP contribution in [0.15, 0.2) is 54.6 Å². The molecule has 2 bridgehead atoms. The minimum atomic E-state index is -1.21. The molecule has 0 aliphatic carbocycles.